The lowest BCUT2D eigenvalue weighted by Crippen LogP contribution is -2.40. The number of nitrogens with zero attached hydrogens (tertiary/aromatic N) is 2. The maximum absolute atomic E-state index is 12.7. The van der Waals surface area contributed by atoms with Crippen molar-refractivity contribution in [3.63, 3.8) is 0 Å². The third-order valence-electron chi connectivity index (χ3n) is 4.11. The van der Waals surface area contributed by atoms with E-state index >= 15 is 0 Å². The minimum atomic E-state index is -0.0649. The van der Waals surface area contributed by atoms with Gasteiger partial charge in [0.05, 0.1) is 6.54 Å². The maximum atomic E-state index is 12.7. The Hall–Kier alpha value is -2.23. The van der Waals surface area contributed by atoms with Crippen molar-refractivity contribution in [2.75, 3.05) is 5.32 Å². The van der Waals surface area contributed by atoms with Crippen molar-refractivity contribution in [3.8, 4) is 0 Å². The normalized spacial score (nSPS) is 10.8. The second-order valence-corrected chi connectivity index (χ2v) is 6.01. The Bertz CT molecular complexity index is 658. The largest absolute Gasteiger partial charge is 0.353 e. The molecule has 4 heteroatoms. The number of benzene rings is 1. The Morgan fingerprint density at radius 1 is 1.23 bits per heavy atom. The quantitative estimate of drug-likeness (QED) is 0.907. The van der Waals surface area contributed by atoms with E-state index in [1.807, 2.05) is 67.7 Å². The molecule has 0 saturated heterocycles. The maximum Gasteiger partial charge on any atom is 0.322 e. The smallest absolute Gasteiger partial charge is 0.322 e. The van der Waals surface area contributed by atoms with Gasteiger partial charge in [-0.25, -0.2) is 4.79 Å². The number of urea groups is 1. The van der Waals surface area contributed by atoms with Crippen LogP contribution < -0.4 is 5.32 Å². The number of amides is 2. The van der Waals surface area contributed by atoms with Gasteiger partial charge in [-0.1, -0.05) is 12.1 Å². The highest BCUT2D eigenvalue weighted by molar-refractivity contribution is 5.90. The summed E-state index contributed by atoms with van der Waals surface area (Å²) in [6, 6.07) is 10.1. The average molecular weight is 299 g/mol. The van der Waals surface area contributed by atoms with Crippen molar-refractivity contribution < 1.29 is 4.79 Å². The van der Waals surface area contributed by atoms with Gasteiger partial charge in [-0.3, -0.25) is 0 Å². The first-order chi connectivity index (χ1) is 10.4. The van der Waals surface area contributed by atoms with E-state index in [0.717, 1.165) is 16.9 Å². The molecule has 0 aliphatic carbocycles. The number of nitrogens with one attached hydrogen (secondary N) is 1. The molecule has 0 radical (unpaired) electrons. The number of aromatic nitrogens is 1. The van der Waals surface area contributed by atoms with Crippen molar-refractivity contribution in [1.29, 1.82) is 0 Å². The predicted molar refractivity (Wildman–Crippen MR) is 91.0 cm³/mol. The highest BCUT2D eigenvalue weighted by Crippen LogP contribution is 2.19. The summed E-state index contributed by atoms with van der Waals surface area (Å²) in [6.45, 7) is 8.74. The van der Waals surface area contributed by atoms with E-state index in [9.17, 15) is 4.79 Å². The Morgan fingerprint density at radius 2 is 1.95 bits per heavy atom. The molecule has 22 heavy (non-hydrogen) atoms. The molecule has 2 aromatic rings. The average Bonchev–Trinajstić information content (AvgIpc) is 2.86. The predicted octanol–water partition coefficient (Wildman–Crippen LogP) is 4.08. The molecule has 4 nitrogen and oxygen atoms in total. The van der Waals surface area contributed by atoms with Gasteiger partial charge < -0.3 is 14.8 Å². The Labute approximate surface area is 132 Å². The monoisotopic (exact) mass is 299 g/mol. The highest BCUT2D eigenvalue weighted by Gasteiger charge is 2.19. The van der Waals surface area contributed by atoms with E-state index in [4.69, 9.17) is 0 Å². The molecular formula is C18H25N3O. The summed E-state index contributed by atoms with van der Waals surface area (Å²) in [6.07, 6.45) is 2.00. The summed E-state index contributed by atoms with van der Waals surface area (Å²) in [7, 11) is 2.00. The van der Waals surface area contributed by atoms with Crippen LogP contribution in [-0.4, -0.2) is 21.5 Å². The van der Waals surface area contributed by atoms with Gasteiger partial charge in [-0.15, -0.1) is 0 Å². The van der Waals surface area contributed by atoms with Crippen LogP contribution in [0.3, 0.4) is 0 Å². The van der Waals surface area contributed by atoms with Crippen LogP contribution in [0, 0.1) is 13.8 Å². The summed E-state index contributed by atoms with van der Waals surface area (Å²) < 4.78 is 2.04. The molecule has 1 aromatic carbocycles. The van der Waals surface area contributed by atoms with Gasteiger partial charge in [0.25, 0.3) is 0 Å². The van der Waals surface area contributed by atoms with Gasteiger partial charge in [0.1, 0.15) is 0 Å². The fourth-order valence-electron chi connectivity index (χ4n) is 2.40. The summed E-state index contributed by atoms with van der Waals surface area (Å²) in [5.41, 5.74) is 4.28. The SMILES string of the molecule is Cc1cccc(NC(=O)N(Cc2cccn2C)C(C)C)c1C. The summed E-state index contributed by atoms with van der Waals surface area (Å²) >= 11 is 0. The Kier molecular flexibility index (Phi) is 4.91. The van der Waals surface area contributed by atoms with Crippen LogP contribution in [0.25, 0.3) is 0 Å². The van der Waals surface area contributed by atoms with E-state index in [2.05, 4.69) is 18.3 Å². The molecule has 1 heterocycles. The van der Waals surface area contributed by atoms with Gasteiger partial charge >= 0.3 is 6.03 Å². The van der Waals surface area contributed by atoms with E-state index in [1.54, 1.807) is 0 Å². The summed E-state index contributed by atoms with van der Waals surface area (Å²) in [5, 5.41) is 3.04. The van der Waals surface area contributed by atoms with Crippen molar-refractivity contribution in [3.05, 3.63) is 53.3 Å². The standard InChI is InChI=1S/C18H25N3O/c1-13(2)21(12-16-9-7-11-20(16)5)18(22)19-17-10-6-8-14(3)15(17)4/h6-11,13H,12H2,1-5H3,(H,19,22). The topological polar surface area (TPSA) is 37.3 Å². The minimum absolute atomic E-state index is 0.0649. The second kappa shape index (κ2) is 6.69. The molecule has 0 bridgehead atoms. The number of carbonyl (C=O) groups is 1. The Morgan fingerprint density at radius 3 is 2.55 bits per heavy atom. The molecular weight excluding hydrogens is 274 g/mol. The number of anilines is 1. The van der Waals surface area contributed by atoms with Crippen molar-refractivity contribution in [2.45, 2.75) is 40.3 Å². The molecule has 2 amide bonds. The fraction of sp³-hybridized carbons (Fsp3) is 0.389. The Balaban J connectivity index is 2.16. The van der Waals surface area contributed by atoms with Crippen LogP contribution in [0.4, 0.5) is 10.5 Å². The molecule has 0 aliphatic heterocycles. The summed E-state index contributed by atoms with van der Waals surface area (Å²) in [4.78, 5) is 14.5. The number of hydrogen-bond acceptors (Lipinski definition) is 1. The van der Waals surface area contributed by atoms with Crippen LogP contribution in [0.5, 0.6) is 0 Å². The first kappa shape index (κ1) is 16.1. The molecule has 2 rings (SSSR count). The third-order valence-corrected chi connectivity index (χ3v) is 4.11. The van der Waals surface area contributed by atoms with E-state index in [-0.39, 0.29) is 12.1 Å². The molecule has 0 atom stereocenters. The summed E-state index contributed by atoms with van der Waals surface area (Å²) in [5.74, 6) is 0. The number of hydrogen-bond donors (Lipinski definition) is 1. The van der Waals surface area contributed by atoms with Gasteiger partial charge in [-0.05, 0) is 57.0 Å². The molecule has 1 N–H and O–H groups in total. The van der Waals surface area contributed by atoms with Crippen LogP contribution in [-0.2, 0) is 13.6 Å². The first-order valence-electron chi connectivity index (χ1n) is 7.64. The molecule has 0 spiro atoms. The second-order valence-electron chi connectivity index (χ2n) is 6.01. The van der Waals surface area contributed by atoms with E-state index in [0.29, 0.717) is 6.54 Å². The van der Waals surface area contributed by atoms with Gasteiger partial charge in [0.2, 0.25) is 0 Å². The van der Waals surface area contributed by atoms with E-state index in [1.165, 1.54) is 5.56 Å². The van der Waals surface area contributed by atoms with E-state index < -0.39 is 0 Å². The minimum Gasteiger partial charge on any atom is -0.353 e. The number of aryl methyl sites for hydroxylation is 2. The van der Waals surface area contributed by atoms with Crippen molar-refractivity contribution in [2.24, 2.45) is 7.05 Å². The zero-order chi connectivity index (χ0) is 16.3. The highest BCUT2D eigenvalue weighted by atomic mass is 16.2. The lowest BCUT2D eigenvalue weighted by molar-refractivity contribution is 0.192. The van der Waals surface area contributed by atoms with Crippen LogP contribution >= 0.6 is 0 Å². The van der Waals surface area contributed by atoms with Gasteiger partial charge in [-0.2, -0.15) is 0 Å². The molecule has 0 aliphatic rings. The van der Waals surface area contributed by atoms with Crippen LogP contribution in [0.1, 0.15) is 30.7 Å². The van der Waals surface area contributed by atoms with Crippen LogP contribution in [0.15, 0.2) is 36.5 Å². The molecule has 118 valence electrons. The zero-order valence-electron chi connectivity index (χ0n) is 14.1. The zero-order valence-corrected chi connectivity index (χ0v) is 14.1. The molecule has 0 unspecified atom stereocenters. The molecule has 0 saturated carbocycles. The first-order valence-corrected chi connectivity index (χ1v) is 7.64. The fourth-order valence-corrected chi connectivity index (χ4v) is 2.40. The van der Waals surface area contributed by atoms with Crippen molar-refractivity contribution >= 4 is 11.7 Å². The van der Waals surface area contributed by atoms with Gasteiger partial charge in [0, 0.05) is 30.7 Å². The van der Waals surface area contributed by atoms with Crippen LogP contribution in [0.2, 0.25) is 0 Å². The lowest BCUT2D eigenvalue weighted by atomic mass is 10.1. The lowest BCUT2D eigenvalue weighted by Gasteiger charge is -2.27. The number of carbonyl (C=O) groups excluding carboxylic acids is 1. The molecule has 1 aromatic heterocycles. The van der Waals surface area contributed by atoms with Crippen molar-refractivity contribution in [1.82, 2.24) is 9.47 Å². The third kappa shape index (κ3) is 3.50. The van der Waals surface area contributed by atoms with Gasteiger partial charge in [0.15, 0.2) is 0 Å². The molecule has 0 fully saturated rings. The number of rotatable bonds is 4.